The zero-order chi connectivity index (χ0) is 16.4. The summed E-state index contributed by atoms with van der Waals surface area (Å²) in [5.74, 6) is 0.932. The number of aryl methyl sites for hydroxylation is 1. The number of benzene rings is 2. The van der Waals surface area contributed by atoms with Crippen LogP contribution in [0.3, 0.4) is 0 Å². The zero-order valence-corrected chi connectivity index (χ0v) is 14.4. The van der Waals surface area contributed by atoms with Gasteiger partial charge in [0.1, 0.15) is 11.9 Å². The molecule has 0 unspecified atom stereocenters. The van der Waals surface area contributed by atoms with Gasteiger partial charge in [-0.15, -0.1) is 0 Å². The summed E-state index contributed by atoms with van der Waals surface area (Å²) >= 11 is 0. The molecule has 0 aliphatic carbocycles. The van der Waals surface area contributed by atoms with Crippen LogP contribution < -0.4 is 4.74 Å². The monoisotopic (exact) mass is 300 g/mol. The van der Waals surface area contributed by atoms with E-state index in [0.29, 0.717) is 0 Å². The molecular weight excluding hydrogens is 272 g/mol. The zero-order valence-electron chi connectivity index (χ0n) is 14.4. The summed E-state index contributed by atoms with van der Waals surface area (Å²) in [5, 5.41) is 0. The van der Waals surface area contributed by atoms with E-state index in [1.807, 2.05) is 64.1 Å². The van der Waals surface area contributed by atoms with Gasteiger partial charge in [0.25, 0.3) is 0 Å². The van der Waals surface area contributed by atoms with Gasteiger partial charge in [-0.1, -0.05) is 76.2 Å². The first-order valence-electron chi connectivity index (χ1n) is 8.23. The molecule has 120 valence electrons. The standard InChI is InChI=1S/C16H16O2.2C2H6/c1-12-7-5-6-10-14(12)18-16(15-11-17-15)13-8-3-2-4-9-13;2*1-2/h2-10,15-16H,11H2,1H3;2*1-2H3/t15-,16+;;/m1../s1. The Labute approximate surface area is 135 Å². The van der Waals surface area contributed by atoms with Gasteiger partial charge >= 0.3 is 0 Å². The molecule has 1 fully saturated rings. The molecule has 0 bridgehead atoms. The van der Waals surface area contributed by atoms with E-state index >= 15 is 0 Å². The summed E-state index contributed by atoms with van der Waals surface area (Å²) in [6, 6.07) is 18.3. The average Bonchev–Trinajstić information content (AvgIpc) is 3.43. The Morgan fingerprint density at radius 1 is 0.909 bits per heavy atom. The van der Waals surface area contributed by atoms with Crippen molar-refractivity contribution in [3.05, 3.63) is 65.7 Å². The summed E-state index contributed by atoms with van der Waals surface area (Å²) in [4.78, 5) is 0. The molecule has 2 aromatic carbocycles. The van der Waals surface area contributed by atoms with Crippen molar-refractivity contribution in [2.24, 2.45) is 0 Å². The van der Waals surface area contributed by atoms with Crippen LogP contribution in [0.2, 0.25) is 0 Å². The minimum atomic E-state index is -0.00713. The maximum atomic E-state index is 6.13. The molecule has 2 aromatic rings. The van der Waals surface area contributed by atoms with Crippen molar-refractivity contribution in [1.29, 1.82) is 0 Å². The number of hydrogen-bond acceptors (Lipinski definition) is 2. The highest BCUT2D eigenvalue weighted by Gasteiger charge is 2.35. The van der Waals surface area contributed by atoms with E-state index in [4.69, 9.17) is 9.47 Å². The van der Waals surface area contributed by atoms with Crippen LogP contribution in [0.15, 0.2) is 54.6 Å². The summed E-state index contributed by atoms with van der Waals surface area (Å²) < 4.78 is 11.5. The molecule has 0 aromatic heterocycles. The lowest BCUT2D eigenvalue weighted by molar-refractivity contribution is 0.160. The molecule has 2 atom stereocenters. The minimum absolute atomic E-state index is 0.00713. The van der Waals surface area contributed by atoms with Crippen molar-refractivity contribution < 1.29 is 9.47 Å². The molecule has 1 aliphatic heterocycles. The first-order chi connectivity index (χ1) is 10.8. The van der Waals surface area contributed by atoms with Crippen LogP contribution in [-0.2, 0) is 4.74 Å². The van der Waals surface area contributed by atoms with Crippen LogP contribution in [0.25, 0.3) is 0 Å². The van der Waals surface area contributed by atoms with Crippen molar-refractivity contribution >= 4 is 0 Å². The molecule has 2 nitrogen and oxygen atoms in total. The van der Waals surface area contributed by atoms with Crippen LogP contribution in [0.4, 0.5) is 0 Å². The van der Waals surface area contributed by atoms with Gasteiger partial charge < -0.3 is 9.47 Å². The van der Waals surface area contributed by atoms with Gasteiger partial charge in [0, 0.05) is 0 Å². The van der Waals surface area contributed by atoms with Gasteiger partial charge in [-0.25, -0.2) is 0 Å². The molecule has 1 saturated heterocycles. The fraction of sp³-hybridized carbons (Fsp3) is 0.400. The van der Waals surface area contributed by atoms with E-state index < -0.39 is 0 Å². The van der Waals surface area contributed by atoms with Gasteiger partial charge in [-0.05, 0) is 24.1 Å². The molecule has 0 spiro atoms. The second-order valence-corrected chi connectivity index (χ2v) is 4.59. The average molecular weight is 300 g/mol. The van der Waals surface area contributed by atoms with Crippen molar-refractivity contribution in [3.8, 4) is 5.75 Å². The maximum Gasteiger partial charge on any atom is 0.152 e. The first-order valence-corrected chi connectivity index (χ1v) is 8.23. The Bertz CT molecular complexity index is 518. The van der Waals surface area contributed by atoms with Crippen LogP contribution >= 0.6 is 0 Å². The fourth-order valence-corrected chi connectivity index (χ4v) is 2.06. The molecule has 0 N–H and O–H groups in total. The summed E-state index contributed by atoms with van der Waals surface area (Å²) in [6.07, 6.45) is 0.180. The molecule has 0 amide bonds. The predicted octanol–water partition coefficient (Wildman–Crippen LogP) is 5.57. The third kappa shape index (κ3) is 5.19. The molecule has 3 rings (SSSR count). The van der Waals surface area contributed by atoms with Crippen LogP contribution in [-0.4, -0.2) is 12.7 Å². The fourth-order valence-electron chi connectivity index (χ4n) is 2.06. The van der Waals surface area contributed by atoms with E-state index in [-0.39, 0.29) is 12.2 Å². The van der Waals surface area contributed by atoms with Crippen LogP contribution in [0, 0.1) is 6.92 Å². The lowest BCUT2D eigenvalue weighted by Gasteiger charge is -2.19. The van der Waals surface area contributed by atoms with Crippen molar-refractivity contribution in [3.63, 3.8) is 0 Å². The summed E-state index contributed by atoms with van der Waals surface area (Å²) in [5.41, 5.74) is 2.32. The molecule has 1 heterocycles. The number of rotatable bonds is 4. The second kappa shape index (κ2) is 10.0. The molecular formula is C20H28O2. The summed E-state index contributed by atoms with van der Waals surface area (Å²) in [6.45, 7) is 10.8. The van der Waals surface area contributed by atoms with Gasteiger partial charge in [0.05, 0.1) is 6.61 Å². The Morgan fingerprint density at radius 2 is 1.45 bits per heavy atom. The van der Waals surface area contributed by atoms with E-state index in [1.54, 1.807) is 0 Å². The third-order valence-corrected chi connectivity index (χ3v) is 3.17. The lowest BCUT2D eigenvalue weighted by atomic mass is 10.1. The molecule has 0 saturated carbocycles. The van der Waals surface area contributed by atoms with Gasteiger partial charge in [0.2, 0.25) is 0 Å². The Morgan fingerprint density at radius 3 is 2.00 bits per heavy atom. The molecule has 0 radical (unpaired) electrons. The molecule has 1 aliphatic rings. The van der Waals surface area contributed by atoms with Crippen molar-refractivity contribution in [1.82, 2.24) is 0 Å². The number of ether oxygens (including phenoxy) is 2. The Hall–Kier alpha value is -1.80. The number of hydrogen-bond donors (Lipinski definition) is 0. The lowest BCUT2D eigenvalue weighted by Crippen LogP contribution is -2.14. The Balaban J connectivity index is 0.000000561. The first kappa shape index (κ1) is 18.2. The van der Waals surface area contributed by atoms with Crippen molar-refractivity contribution in [2.75, 3.05) is 6.61 Å². The second-order valence-electron chi connectivity index (χ2n) is 4.59. The summed E-state index contributed by atoms with van der Waals surface area (Å²) in [7, 11) is 0. The Kier molecular flexibility index (Phi) is 8.31. The van der Waals surface area contributed by atoms with E-state index in [1.165, 1.54) is 5.56 Å². The molecule has 2 heteroatoms. The highest BCUT2D eigenvalue weighted by Crippen LogP contribution is 2.33. The van der Waals surface area contributed by atoms with Crippen LogP contribution in [0.1, 0.15) is 44.9 Å². The number of epoxide rings is 1. The largest absolute Gasteiger partial charge is 0.483 e. The normalized spacial score (nSPS) is 16.3. The van der Waals surface area contributed by atoms with Gasteiger partial charge in [-0.3, -0.25) is 0 Å². The van der Waals surface area contributed by atoms with Crippen LogP contribution in [0.5, 0.6) is 5.75 Å². The van der Waals surface area contributed by atoms with Crippen molar-refractivity contribution in [2.45, 2.75) is 46.8 Å². The maximum absolute atomic E-state index is 6.13. The van der Waals surface area contributed by atoms with Gasteiger partial charge in [0.15, 0.2) is 6.10 Å². The number of para-hydroxylation sites is 1. The highest BCUT2D eigenvalue weighted by molar-refractivity contribution is 5.33. The van der Waals surface area contributed by atoms with Gasteiger partial charge in [-0.2, -0.15) is 0 Å². The van der Waals surface area contributed by atoms with E-state index in [0.717, 1.165) is 17.9 Å². The molecule has 22 heavy (non-hydrogen) atoms. The smallest absolute Gasteiger partial charge is 0.152 e. The SMILES string of the molecule is CC.CC.Cc1ccccc1O[C@@H](c1ccccc1)[C@H]1CO1. The quantitative estimate of drug-likeness (QED) is 0.689. The van der Waals surface area contributed by atoms with E-state index in [9.17, 15) is 0 Å². The minimum Gasteiger partial charge on any atom is -0.483 e. The third-order valence-electron chi connectivity index (χ3n) is 3.17. The predicted molar refractivity (Wildman–Crippen MR) is 93.4 cm³/mol. The topological polar surface area (TPSA) is 21.8 Å². The van der Waals surface area contributed by atoms with E-state index in [2.05, 4.69) is 25.1 Å². The highest BCUT2D eigenvalue weighted by atomic mass is 16.6.